The van der Waals surface area contributed by atoms with Crippen molar-refractivity contribution in [1.82, 2.24) is 0 Å². The zero-order valence-electron chi connectivity index (χ0n) is 16.2. The first-order valence-electron chi connectivity index (χ1n) is 9.63. The fraction of sp³-hybridized carbons (Fsp3) is 0.318. The monoisotopic (exact) mass is 382 g/mol. The van der Waals surface area contributed by atoms with Crippen LogP contribution in [0.5, 0.6) is 11.5 Å². The second kappa shape index (κ2) is 7.66. The normalized spacial score (nSPS) is 19.6. The number of hydrogen-bond donors (Lipinski definition) is 3. The molecule has 28 heavy (non-hydrogen) atoms. The van der Waals surface area contributed by atoms with Crippen molar-refractivity contribution in [2.45, 2.75) is 6.54 Å². The van der Waals surface area contributed by atoms with E-state index in [9.17, 15) is 9.90 Å². The standard InChI is InChI=1S/C22H24N2O4/c1-23-9-11-24(12-10-23)14-19-20(25)8-7-17-18(13-21(26)28-22(17)19)15-3-5-16(27-2)6-4-15/h3-8,13,25H,9-12,14H2,1-2H3/p+2. The van der Waals surface area contributed by atoms with E-state index in [0.717, 1.165) is 48.4 Å². The van der Waals surface area contributed by atoms with E-state index < -0.39 is 5.63 Å². The molecule has 2 heterocycles. The molecule has 0 amide bonds. The van der Waals surface area contributed by atoms with Gasteiger partial charge in [-0.1, -0.05) is 12.1 Å². The molecule has 0 spiro atoms. The molecule has 3 aromatic rings. The maximum atomic E-state index is 12.3. The number of phenolic OH excluding ortho intramolecular Hbond substituents is 1. The minimum absolute atomic E-state index is 0.182. The number of fused-ring (bicyclic) bond motifs is 1. The summed E-state index contributed by atoms with van der Waals surface area (Å²) < 4.78 is 10.8. The Labute approximate surface area is 163 Å². The fourth-order valence-corrected chi connectivity index (χ4v) is 3.91. The van der Waals surface area contributed by atoms with Crippen LogP contribution >= 0.6 is 0 Å². The fourth-order valence-electron chi connectivity index (χ4n) is 3.91. The summed E-state index contributed by atoms with van der Waals surface area (Å²) in [4.78, 5) is 15.2. The highest BCUT2D eigenvalue weighted by molar-refractivity contribution is 5.95. The topological polar surface area (TPSA) is 68.5 Å². The molecule has 0 unspecified atom stereocenters. The van der Waals surface area contributed by atoms with Crippen molar-refractivity contribution in [3.8, 4) is 22.6 Å². The Morgan fingerprint density at radius 3 is 2.46 bits per heavy atom. The lowest BCUT2D eigenvalue weighted by atomic mass is 9.99. The molecule has 1 aliphatic heterocycles. The minimum Gasteiger partial charge on any atom is -0.507 e. The summed E-state index contributed by atoms with van der Waals surface area (Å²) in [6.07, 6.45) is 0. The SMILES string of the molecule is COc1ccc(-c2cc(=O)oc3c(C[NH+]4CC[NH+](C)CC4)c(O)ccc23)cc1. The number of quaternary nitrogens is 2. The number of rotatable bonds is 4. The lowest BCUT2D eigenvalue weighted by Crippen LogP contribution is -3.26. The molecule has 6 nitrogen and oxygen atoms in total. The molecule has 0 aliphatic carbocycles. The van der Waals surface area contributed by atoms with Crippen LogP contribution < -0.4 is 20.2 Å². The van der Waals surface area contributed by atoms with Crippen LogP contribution in [0.2, 0.25) is 0 Å². The minimum atomic E-state index is -0.414. The third-order valence-electron chi connectivity index (χ3n) is 5.63. The third-order valence-corrected chi connectivity index (χ3v) is 5.63. The van der Waals surface area contributed by atoms with Crippen molar-refractivity contribution >= 4 is 11.0 Å². The van der Waals surface area contributed by atoms with Gasteiger partial charge in [0, 0.05) is 11.5 Å². The predicted molar refractivity (Wildman–Crippen MR) is 107 cm³/mol. The number of benzene rings is 2. The second-order valence-corrected chi connectivity index (χ2v) is 7.53. The van der Waals surface area contributed by atoms with Gasteiger partial charge in [-0.3, -0.25) is 0 Å². The molecule has 0 radical (unpaired) electrons. The zero-order chi connectivity index (χ0) is 19.7. The molecule has 0 saturated carbocycles. The number of likely N-dealkylation sites (N-methyl/N-ethyl adjacent to an activating group) is 1. The molecule has 0 atom stereocenters. The van der Waals surface area contributed by atoms with E-state index in [4.69, 9.17) is 9.15 Å². The molecule has 2 aromatic carbocycles. The Bertz CT molecular complexity index is 1030. The highest BCUT2D eigenvalue weighted by atomic mass is 16.5. The predicted octanol–water partition coefficient (Wildman–Crippen LogP) is 0.0874. The molecule has 1 fully saturated rings. The van der Waals surface area contributed by atoms with Crippen LogP contribution in [0.4, 0.5) is 0 Å². The largest absolute Gasteiger partial charge is 0.507 e. The van der Waals surface area contributed by atoms with Gasteiger partial charge < -0.3 is 24.1 Å². The van der Waals surface area contributed by atoms with Crippen molar-refractivity contribution in [2.75, 3.05) is 40.3 Å². The van der Waals surface area contributed by atoms with Gasteiger partial charge in [-0.15, -0.1) is 0 Å². The summed E-state index contributed by atoms with van der Waals surface area (Å²) in [6.45, 7) is 4.91. The second-order valence-electron chi connectivity index (χ2n) is 7.53. The van der Waals surface area contributed by atoms with Crippen LogP contribution in [0.15, 0.2) is 51.7 Å². The van der Waals surface area contributed by atoms with E-state index >= 15 is 0 Å². The van der Waals surface area contributed by atoms with Gasteiger partial charge in [-0.2, -0.15) is 0 Å². The van der Waals surface area contributed by atoms with E-state index in [1.54, 1.807) is 13.2 Å². The number of phenols is 1. The average Bonchev–Trinajstić information content (AvgIpc) is 2.71. The van der Waals surface area contributed by atoms with E-state index in [-0.39, 0.29) is 5.75 Å². The van der Waals surface area contributed by atoms with Gasteiger partial charge in [-0.25, -0.2) is 4.79 Å². The summed E-state index contributed by atoms with van der Waals surface area (Å²) >= 11 is 0. The molecule has 1 saturated heterocycles. The molecule has 3 N–H and O–H groups in total. The number of piperazine rings is 1. The van der Waals surface area contributed by atoms with Crippen molar-refractivity contribution in [3.05, 3.63) is 58.4 Å². The van der Waals surface area contributed by atoms with Crippen molar-refractivity contribution in [2.24, 2.45) is 0 Å². The first-order chi connectivity index (χ1) is 13.5. The van der Waals surface area contributed by atoms with Gasteiger partial charge in [0.25, 0.3) is 0 Å². The Hall–Kier alpha value is -2.83. The summed E-state index contributed by atoms with van der Waals surface area (Å²) in [6, 6.07) is 12.6. The first-order valence-corrected chi connectivity index (χ1v) is 9.63. The van der Waals surface area contributed by atoms with E-state index in [0.29, 0.717) is 17.7 Å². The quantitative estimate of drug-likeness (QED) is 0.560. The van der Waals surface area contributed by atoms with Gasteiger partial charge in [0.15, 0.2) is 5.58 Å². The Morgan fingerprint density at radius 2 is 1.79 bits per heavy atom. The molecule has 6 heteroatoms. The molecule has 0 bridgehead atoms. The smallest absolute Gasteiger partial charge is 0.336 e. The molecule has 4 rings (SSSR count). The summed E-state index contributed by atoms with van der Waals surface area (Å²) in [5.74, 6) is 0.941. The van der Waals surface area contributed by atoms with Crippen LogP contribution in [0, 0.1) is 0 Å². The highest BCUT2D eigenvalue weighted by Crippen LogP contribution is 2.33. The summed E-state index contributed by atoms with van der Waals surface area (Å²) in [5.41, 5.74) is 2.48. The van der Waals surface area contributed by atoms with E-state index in [2.05, 4.69) is 7.05 Å². The van der Waals surface area contributed by atoms with Crippen LogP contribution in [0.1, 0.15) is 5.56 Å². The molecular weight excluding hydrogens is 356 g/mol. The van der Waals surface area contributed by atoms with Crippen molar-refractivity contribution < 1.29 is 24.1 Å². The number of aromatic hydroxyl groups is 1. The number of nitrogens with one attached hydrogen (secondary N) is 2. The number of methoxy groups -OCH3 is 1. The molecule has 146 valence electrons. The Balaban J connectivity index is 1.79. The Kier molecular flexibility index (Phi) is 5.07. The molecule has 1 aromatic heterocycles. The first kappa shape index (κ1) is 18.5. The number of hydrogen-bond acceptors (Lipinski definition) is 4. The highest BCUT2D eigenvalue weighted by Gasteiger charge is 2.24. The van der Waals surface area contributed by atoms with E-state index in [1.165, 1.54) is 15.9 Å². The van der Waals surface area contributed by atoms with Crippen molar-refractivity contribution in [3.63, 3.8) is 0 Å². The van der Waals surface area contributed by atoms with Crippen LogP contribution in [0.3, 0.4) is 0 Å². The van der Waals surface area contributed by atoms with Crippen LogP contribution in [-0.2, 0) is 6.54 Å². The zero-order valence-corrected chi connectivity index (χ0v) is 16.2. The van der Waals surface area contributed by atoms with E-state index in [1.807, 2.05) is 30.3 Å². The van der Waals surface area contributed by atoms with Crippen LogP contribution in [0.25, 0.3) is 22.1 Å². The Morgan fingerprint density at radius 1 is 1.07 bits per heavy atom. The lowest BCUT2D eigenvalue weighted by Gasteiger charge is -2.27. The number of ether oxygens (including phenoxy) is 1. The summed E-state index contributed by atoms with van der Waals surface area (Å²) in [5, 5.41) is 11.3. The molecule has 1 aliphatic rings. The maximum absolute atomic E-state index is 12.3. The van der Waals surface area contributed by atoms with Gasteiger partial charge >= 0.3 is 5.63 Å². The lowest BCUT2D eigenvalue weighted by molar-refractivity contribution is -1.01. The van der Waals surface area contributed by atoms with Gasteiger partial charge in [-0.05, 0) is 35.4 Å². The van der Waals surface area contributed by atoms with Gasteiger partial charge in [0.2, 0.25) is 0 Å². The van der Waals surface area contributed by atoms with Crippen LogP contribution in [-0.4, -0.2) is 45.4 Å². The third kappa shape index (κ3) is 3.61. The average molecular weight is 382 g/mol. The van der Waals surface area contributed by atoms with Gasteiger partial charge in [0.05, 0.1) is 19.7 Å². The van der Waals surface area contributed by atoms with Crippen molar-refractivity contribution in [1.29, 1.82) is 0 Å². The maximum Gasteiger partial charge on any atom is 0.336 e. The molecular formula is C22H26N2O4+2. The van der Waals surface area contributed by atoms with Gasteiger partial charge in [0.1, 0.15) is 44.2 Å². The summed E-state index contributed by atoms with van der Waals surface area (Å²) in [7, 11) is 3.82.